The third-order valence-corrected chi connectivity index (χ3v) is 4.52. The molecule has 1 amide bonds. The second-order valence-electron chi connectivity index (χ2n) is 6.05. The van der Waals surface area contributed by atoms with Crippen LogP contribution in [0.1, 0.15) is 21.5 Å². The standard InChI is InChI=1S/C22H20ClNO3/c1-15-7-12-18(13-19(15)23)24-22(25)17-10-8-16(9-11-17)14-27-21-6-4-3-5-20(21)26-2/h3-13H,14H2,1-2H3,(H,24,25). The van der Waals surface area contributed by atoms with Gasteiger partial charge in [0.1, 0.15) is 6.61 Å². The molecule has 0 aliphatic heterocycles. The Bertz CT molecular complexity index is 939. The van der Waals surface area contributed by atoms with Crippen molar-refractivity contribution >= 4 is 23.2 Å². The van der Waals surface area contributed by atoms with Crippen LogP contribution in [0.5, 0.6) is 11.5 Å². The van der Waals surface area contributed by atoms with E-state index in [2.05, 4.69) is 5.32 Å². The fourth-order valence-corrected chi connectivity index (χ4v) is 2.71. The van der Waals surface area contributed by atoms with Crippen LogP contribution in [0.15, 0.2) is 66.7 Å². The Balaban J connectivity index is 1.62. The summed E-state index contributed by atoms with van der Waals surface area (Å²) in [6.07, 6.45) is 0. The van der Waals surface area contributed by atoms with Crippen LogP contribution in [0.25, 0.3) is 0 Å². The predicted molar refractivity (Wildman–Crippen MR) is 108 cm³/mol. The van der Waals surface area contributed by atoms with E-state index in [4.69, 9.17) is 21.1 Å². The molecule has 0 unspecified atom stereocenters. The van der Waals surface area contributed by atoms with Gasteiger partial charge >= 0.3 is 0 Å². The van der Waals surface area contributed by atoms with Crippen LogP contribution in [0.3, 0.4) is 0 Å². The lowest BCUT2D eigenvalue weighted by Crippen LogP contribution is -2.12. The van der Waals surface area contributed by atoms with E-state index in [1.54, 1.807) is 25.3 Å². The summed E-state index contributed by atoms with van der Waals surface area (Å²) >= 11 is 6.10. The lowest BCUT2D eigenvalue weighted by molar-refractivity contribution is 0.102. The number of carbonyl (C=O) groups is 1. The van der Waals surface area contributed by atoms with E-state index < -0.39 is 0 Å². The van der Waals surface area contributed by atoms with Crippen molar-refractivity contribution in [2.45, 2.75) is 13.5 Å². The van der Waals surface area contributed by atoms with Gasteiger partial charge in [-0.05, 0) is 54.4 Å². The number of rotatable bonds is 6. The molecular formula is C22H20ClNO3. The van der Waals surface area contributed by atoms with Crippen molar-refractivity contribution in [3.63, 3.8) is 0 Å². The molecular weight excluding hydrogens is 362 g/mol. The van der Waals surface area contributed by atoms with Gasteiger partial charge in [-0.15, -0.1) is 0 Å². The highest BCUT2D eigenvalue weighted by Gasteiger charge is 2.08. The van der Waals surface area contributed by atoms with Crippen molar-refractivity contribution in [1.29, 1.82) is 0 Å². The summed E-state index contributed by atoms with van der Waals surface area (Å²) in [4.78, 5) is 12.4. The number of anilines is 1. The summed E-state index contributed by atoms with van der Waals surface area (Å²) in [7, 11) is 1.61. The summed E-state index contributed by atoms with van der Waals surface area (Å²) in [6, 6.07) is 20.2. The molecule has 3 aromatic carbocycles. The van der Waals surface area contributed by atoms with Gasteiger partial charge in [0.05, 0.1) is 7.11 Å². The van der Waals surface area contributed by atoms with Gasteiger partial charge in [-0.25, -0.2) is 0 Å². The molecule has 0 saturated heterocycles. The number of amides is 1. The number of methoxy groups -OCH3 is 1. The molecule has 0 aliphatic carbocycles. The van der Waals surface area contributed by atoms with Gasteiger partial charge in [-0.2, -0.15) is 0 Å². The van der Waals surface area contributed by atoms with Crippen molar-refractivity contribution < 1.29 is 14.3 Å². The second-order valence-corrected chi connectivity index (χ2v) is 6.46. The van der Waals surface area contributed by atoms with Crippen molar-refractivity contribution in [2.24, 2.45) is 0 Å². The second kappa shape index (κ2) is 8.60. The van der Waals surface area contributed by atoms with E-state index >= 15 is 0 Å². The van der Waals surface area contributed by atoms with E-state index in [1.807, 2.05) is 55.5 Å². The zero-order chi connectivity index (χ0) is 19.2. The highest BCUT2D eigenvalue weighted by molar-refractivity contribution is 6.31. The maximum Gasteiger partial charge on any atom is 0.255 e. The smallest absolute Gasteiger partial charge is 0.255 e. The van der Waals surface area contributed by atoms with E-state index in [1.165, 1.54) is 0 Å². The molecule has 1 N–H and O–H groups in total. The van der Waals surface area contributed by atoms with Gasteiger partial charge in [0.15, 0.2) is 11.5 Å². The zero-order valence-corrected chi connectivity index (χ0v) is 15.9. The molecule has 0 heterocycles. The Morgan fingerprint density at radius 2 is 1.70 bits per heavy atom. The molecule has 0 spiro atoms. The highest BCUT2D eigenvalue weighted by Crippen LogP contribution is 2.26. The number of carbonyl (C=O) groups excluding carboxylic acids is 1. The Hall–Kier alpha value is -2.98. The normalized spacial score (nSPS) is 10.3. The monoisotopic (exact) mass is 381 g/mol. The van der Waals surface area contributed by atoms with Crippen LogP contribution in [-0.2, 0) is 6.61 Å². The first kappa shape index (κ1) is 18.8. The van der Waals surface area contributed by atoms with Crippen LogP contribution in [0.4, 0.5) is 5.69 Å². The highest BCUT2D eigenvalue weighted by atomic mass is 35.5. The molecule has 0 fully saturated rings. The number of benzene rings is 3. The fourth-order valence-electron chi connectivity index (χ4n) is 2.53. The summed E-state index contributed by atoms with van der Waals surface area (Å²) in [5, 5.41) is 3.47. The minimum Gasteiger partial charge on any atom is -0.493 e. The quantitative estimate of drug-likeness (QED) is 0.614. The number of ether oxygens (including phenoxy) is 2. The molecule has 0 radical (unpaired) electrons. The van der Waals surface area contributed by atoms with Crippen LogP contribution >= 0.6 is 11.6 Å². The molecule has 0 aliphatic rings. The maximum absolute atomic E-state index is 12.4. The van der Waals surface area contributed by atoms with Crippen molar-refractivity contribution in [3.8, 4) is 11.5 Å². The average molecular weight is 382 g/mol. The van der Waals surface area contributed by atoms with Crippen molar-refractivity contribution in [3.05, 3.63) is 88.4 Å². The summed E-state index contributed by atoms with van der Waals surface area (Å²) in [5.74, 6) is 1.18. The molecule has 3 rings (SSSR count). The molecule has 0 atom stereocenters. The van der Waals surface area contributed by atoms with E-state index in [-0.39, 0.29) is 5.91 Å². The number of nitrogens with one attached hydrogen (secondary N) is 1. The molecule has 3 aromatic rings. The minimum atomic E-state index is -0.188. The van der Waals surface area contributed by atoms with E-state index in [0.717, 1.165) is 11.1 Å². The zero-order valence-electron chi connectivity index (χ0n) is 15.2. The average Bonchev–Trinajstić information content (AvgIpc) is 2.69. The number of hydrogen-bond donors (Lipinski definition) is 1. The number of para-hydroxylation sites is 2. The molecule has 27 heavy (non-hydrogen) atoms. The first-order valence-corrected chi connectivity index (χ1v) is 8.87. The van der Waals surface area contributed by atoms with Crippen LogP contribution < -0.4 is 14.8 Å². The lowest BCUT2D eigenvalue weighted by atomic mass is 10.1. The van der Waals surface area contributed by atoms with E-state index in [9.17, 15) is 4.79 Å². The van der Waals surface area contributed by atoms with Crippen molar-refractivity contribution in [2.75, 3.05) is 12.4 Å². The predicted octanol–water partition coefficient (Wildman–Crippen LogP) is 5.49. The Kier molecular flexibility index (Phi) is 5.99. The topological polar surface area (TPSA) is 47.6 Å². The van der Waals surface area contributed by atoms with Gasteiger partial charge in [0.25, 0.3) is 5.91 Å². The van der Waals surface area contributed by atoms with E-state index in [0.29, 0.717) is 34.4 Å². The SMILES string of the molecule is COc1ccccc1OCc1ccc(C(=O)Nc2ccc(C)c(Cl)c2)cc1. The molecule has 138 valence electrons. The van der Waals surface area contributed by atoms with Gasteiger partial charge < -0.3 is 14.8 Å². The molecule has 0 aromatic heterocycles. The van der Waals surface area contributed by atoms with Crippen LogP contribution in [-0.4, -0.2) is 13.0 Å². The van der Waals surface area contributed by atoms with Gasteiger partial charge in [0.2, 0.25) is 0 Å². The largest absolute Gasteiger partial charge is 0.493 e. The first-order valence-electron chi connectivity index (χ1n) is 8.49. The Morgan fingerprint density at radius 3 is 2.37 bits per heavy atom. The van der Waals surface area contributed by atoms with Crippen molar-refractivity contribution in [1.82, 2.24) is 0 Å². The van der Waals surface area contributed by atoms with Gasteiger partial charge in [-0.1, -0.05) is 41.9 Å². The molecule has 5 heteroatoms. The third kappa shape index (κ3) is 4.80. The fraction of sp³-hybridized carbons (Fsp3) is 0.136. The summed E-state index contributed by atoms with van der Waals surface area (Å²) < 4.78 is 11.1. The summed E-state index contributed by atoms with van der Waals surface area (Å²) in [6.45, 7) is 2.30. The molecule has 0 saturated carbocycles. The maximum atomic E-state index is 12.4. The summed E-state index contributed by atoms with van der Waals surface area (Å²) in [5.41, 5.74) is 3.15. The van der Waals surface area contributed by atoms with Crippen LogP contribution in [0.2, 0.25) is 5.02 Å². The van der Waals surface area contributed by atoms with Gasteiger partial charge in [0, 0.05) is 16.3 Å². The lowest BCUT2D eigenvalue weighted by Gasteiger charge is -2.11. The number of hydrogen-bond acceptors (Lipinski definition) is 3. The number of halogens is 1. The number of aryl methyl sites for hydroxylation is 1. The Labute approximate surface area is 163 Å². The van der Waals surface area contributed by atoms with Crippen LogP contribution in [0, 0.1) is 6.92 Å². The minimum absolute atomic E-state index is 0.188. The molecule has 4 nitrogen and oxygen atoms in total. The molecule has 0 bridgehead atoms. The third-order valence-electron chi connectivity index (χ3n) is 4.11. The Morgan fingerprint density at radius 1 is 1.00 bits per heavy atom. The first-order chi connectivity index (χ1) is 13.1. The van der Waals surface area contributed by atoms with Gasteiger partial charge in [-0.3, -0.25) is 4.79 Å².